The number of benzene rings is 1. The van der Waals surface area contributed by atoms with Gasteiger partial charge >= 0.3 is 0 Å². The van der Waals surface area contributed by atoms with Crippen molar-refractivity contribution in [2.45, 2.75) is 38.6 Å². The molecular formula is C17H21NS. The topological polar surface area (TPSA) is 12.0 Å². The first kappa shape index (κ1) is 12.9. The molecule has 100 valence electrons. The van der Waals surface area contributed by atoms with Gasteiger partial charge in [-0.25, -0.2) is 0 Å². The van der Waals surface area contributed by atoms with Gasteiger partial charge < -0.3 is 5.32 Å². The Labute approximate surface area is 119 Å². The van der Waals surface area contributed by atoms with Crippen LogP contribution in [0.25, 0.3) is 0 Å². The van der Waals surface area contributed by atoms with E-state index in [1.165, 1.54) is 30.4 Å². The van der Waals surface area contributed by atoms with Crippen LogP contribution in [0.2, 0.25) is 0 Å². The van der Waals surface area contributed by atoms with Gasteiger partial charge in [-0.2, -0.15) is 11.3 Å². The normalized spacial score (nSPS) is 18.3. The summed E-state index contributed by atoms with van der Waals surface area (Å²) >= 11 is 1.80. The summed E-state index contributed by atoms with van der Waals surface area (Å²) in [6.07, 6.45) is 3.92. The predicted octanol–water partition coefficient (Wildman–Crippen LogP) is 4.27. The second kappa shape index (κ2) is 5.89. The number of thiophene rings is 1. The lowest BCUT2D eigenvalue weighted by atomic mass is 9.83. The van der Waals surface area contributed by atoms with Crippen LogP contribution in [-0.4, -0.2) is 6.54 Å². The van der Waals surface area contributed by atoms with Crippen molar-refractivity contribution in [1.82, 2.24) is 5.32 Å². The maximum Gasteiger partial charge on any atom is 0.0216 e. The van der Waals surface area contributed by atoms with Gasteiger partial charge in [0.15, 0.2) is 0 Å². The lowest BCUT2D eigenvalue weighted by molar-refractivity contribution is 0.507. The molecule has 2 aromatic rings. The number of hydrogen-bond acceptors (Lipinski definition) is 2. The predicted molar refractivity (Wildman–Crippen MR) is 82.9 cm³/mol. The molecule has 0 amide bonds. The second-order valence-electron chi connectivity index (χ2n) is 5.50. The van der Waals surface area contributed by atoms with E-state index in [9.17, 15) is 0 Å². The quantitative estimate of drug-likeness (QED) is 0.876. The van der Waals surface area contributed by atoms with Gasteiger partial charge in [-0.1, -0.05) is 24.3 Å². The Morgan fingerprint density at radius 2 is 2.16 bits per heavy atom. The zero-order valence-electron chi connectivity index (χ0n) is 11.5. The van der Waals surface area contributed by atoms with Crippen LogP contribution in [0, 0.1) is 6.92 Å². The monoisotopic (exact) mass is 271 g/mol. The van der Waals surface area contributed by atoms with E-state index in [1.54, 1.807) is 22.5 Å². The molecule has 1 aromatic carbocycles. The van der Waals surface area contributed by atoms with Crippen LogP contribution in [0.3, 0.4) is 0 Å². The van der Waals surface area contributed by atoms with Crippen molar-refractivity contribution in [3.05, 3.63) is 57.3 Å². The minimum absolute atomic E-state index is 0.698. The summed E-state index contributed by atoms with van der Waals surface area (Å²) in [6, 6.07) is 8.96. The zero-order chi connectivity index (χ0) is 13.1. The molecule has 0 bridgehead atoms. The molecule has 0 radical (unpaired) electrons. The molecule has 1 nitrogen and oxygen atoms in total. The molecule has 0 saturated heterocycles. The highest BCUT2D eigenvalue weighted by atomic mass is 32.1. The first-order valence-electron chi connectivity index (χ1n) is 7.15. The van der Waals surface area contributed by atoms with Crippen LogP contribution < -0.4 is 5.32 Å². The van der Waals surface area contributed by atoms with Crippen LogP contribution in [-0.2, 0) is 13.0 Å². The molecule has 19 heavy (non-hydrogen) atoms. The Hall–Kier alpha value is -1.12. The van der Waals surface area contributed by atoms with Crippen molar-refractivity contribution < 1.29 is 0 Å². The van der Waals surface area contributed by atoms with E-state index in [0.29, 0.717) is 5.92 Å². The van der Waals surface area contributed by atoms with Gasteiger partial charge in [0.05, 0.1) is 0 Å². The van der Waals surface area contributed by atoms with Crippen molar-refractivity contribution in [3.63, 3.8) is 0 Å². The smallest absolute Gasteiger partial charge is 0.0216 e. The Morgan fingerprint density at radius 1 is 1.26 bits per heavy atom. The summed E-state index contributed by atoms with van der Waals surface area (Å²) in [5.74, 6) is 0.698. The van der Waals surface area contributed by atoms with Crippen molar-refractivity contribution in [3.8, 4) is 0 Å². The number of nitrogens with one attached hydrogen (secondary N) is 1. The fourth-order valence-electron chi connectivity index (χ4n) is 3.02. The Bertz CT molecular complexity index is 544. The molecule has 1 N–H and O–H groups in total. The standard InChI is InChI=1S/C17H21NS/c1-13-11-19-12-16(13)10-18-9-15-7-4-6-14-5-2-3-8-17(14)15/h2-3,5,8,11-12,15,18H,4,6-7,9-10H2,1H3. The van der Waals surface area contributed by atoms with E-state index in [0.717, 1.165) is 13.1 Å². The lowest BCUT2D eigenvalue weighted by Gasteiger charge is -2.25. The number of rotatable bonds is 4. The van der Waals surface area contributed by atoms with Gasteiger partial charge in [-0.15, -0.1) is 0 Å². The Morgan fingerprint density at radius 3 is 3.00 bits per heavy atom. The Kier molecular flexibility index (Phi) is 4.00. The zero-order valence-corrected chi connectivity index (χ0v) is 12.3. The van der Waals surface area contributed by atoms with Crippen LogP contribution in [0.1, 0.15) is 41.0 Å². The van der Waals surface area contributed by atoms with Gasteiger partial charge in [-0.05, 0) is 65.1 Å². The first-order valence-corrected chi connectivity index (χ1v) is 8.09. The van der Waals surface area contributed by atoms with E-state index >= 15 is 0 Å². The van der Waals surface area contributed by atoms with Crippen LogP contribution in [0.15, 0.2) is 35.0 Å². The first-order chi connectivity index (χ1) is 9.34. The summed E-state index contributed by atoms with van der Waals surface area (Å²) in [4.78, 5) is 0. The molecule has 1 atom stereocenters. The SMILES string of the molecule is Cc1cscc1CNCC1CCCc2ccccc21. The number of aryl methyl sites for hydroxylation is 2. The molecule has 1 aliphatic rings. The van der Waals surface area contributed by atoms with E-state index in [-0.39, 0.29) is 0 Å². The Balaban J connectivity index is 1.61. The van der Waals surface area contributed by atoms with Crippen LogP contribution in [0.5, 0.6) is 0 Å². The summed E-state index contributed by atoms with van der Waals surface area (Å²) < 4.78 is 0. The lowest BCUT2D eigenvalue weighted by Crippen LogP contribution is -2.24. The molecule has 1 unspecified atom stereocenters. The largest absolute Gasteiger partial charge is 0.312 e. The van der Waals surface area contributed by atoms with E-state index < -0.39 is 0 Å². The summed E-state index contributed by atoms with van der Waals surface area (Å²) in [7, 11) is 0. The molecule has 0 aliphatic heterocycles. The molecule has 1 aliphatic carbocycles. The van der Waals surface area contributed by atoms with E-state index in [4.69, 9.17) is 0 Å². The highest BCUT2D eigenvalue weighted by molar-refractivity contribution is 7.08. The summed E-state index contributed by atoms with van der Waals surface area (Å²) in [6.45, 7) is 4.31. The average molecular weight is 271 g/mol. The van der Waals surface area contributed by atoms with Gasteiger partial charge in [0.25, 0.3) is 0 Å². The third-order valence-electron chi connectivity index (χ3n) is 4.16. The van der Waals surface area contributed by atoms with Gasteiger partial charge in [0.1, 0.15) is 0 Å². The van der Waals surface area contributed by atoms with Crippen molar-refractivity contribution in [2.24, 2.45) is 0 Å². The second-order valence-corrected chi connectivity index (χ2v) is 6.24. The van der Waals surface area contributed by atoms with Crippen molar-refractivity contribution >= 4 is 11.3 Å². The highest BCUT2D eigenvalue weighted by Crippen LogP contribution is 2.30. The van der Waals surface area contributed by atoms with Gasteiger partial charge in [0, 0.05) is 13.1 Å². The minimum atomic E-state index is 0.698. The van der Waals surface area contributed by atoms with Gasteiger partial charge in [0.2, 0.25) is 0 Å². The van der Waals surface area contributed by atoms with Gasteiger partial charge in [-0.3, -0.25) is 0 Å². The van der Waals surface area contributed by atoms with Crippen molar-refractivity contribution in [2.75, 3.05) is 6.54 Å². The van der Waals surface area contributed by atoms with E-state index in [1.807, 2.05) is 0 Å². The van der Waals surface area contributed by atoms with E-state index in [2.05, 4.69) is 47.3 Å². The molecule has 0 saturated carbocycles. The molecule has 0 spiro atoms. The minimum Gasteiger partial charge on any atom is -0.312 e. The molecule has 0 fully saturated rings. The summed E-state index contributed by atoms with van der Waals surface area (Å²) in [5.41, 5.74) is 6.01. The molecule has 3 rings (SSSR count). The van der Waals surface area contributed by atoms with Crippen molar-refractivity contribution in [1.29, 1.82) is 0 Å². The molecular weight excluding hydrogens is 250 g/mol. The molecule has 1 aromatic heterocycles. The highest BCUT2D eigenvalue weighted by Gasteiger charge is 2.19. The number of fused-ring (bicyclic) bond motifs is 1. The fraction of sp³-hybridized carbons (Fsp3) is 0.412. The van der Waals surface area contributed by atoms with Crippen LogP contribution in [0.4, 0.5) is 0 Å². The fourth-order valence-corrected chi connectivity index (χ4v) is 3.87. The average Bonchev–Trinajstić information content (AvgIpc) is 2.85. The summed E-state index contributed by atoms with van der Waals surface area (Å²) in [5, 5.41) is 8.14. The number of hydrogen-bond donors (Lipinski definition) is 1. The van der Waals surface area contributed by atoms with Crippen LogP contribution >= 0.6 is 11.3 Å². The molecule has 2 heteroatoms. The third kappa shape index (κ3) is 2.90. The maximum absolute atomic E-state index is 3.65. The third-order valence-corrected chi connectivity index (χ3v) is 5.07. The maximum atomic E-state index is 3.65. The molecule has 1 heterocycles.